The number of rotatable bonds is 3. The number of hydrogen-bond donors (Lipinski definition) is 2. The van der Waals surface area contributed by atoms with E-state index in [1.165, 1.54) is 12.1 Å². The second kappa shape index (κ2) is 6.47. The van der Waals surface area contributed by atoms with Gasteiger partial charge >= 0.3 is 5.97 Å². The van der Waals surface area contributed by atoms with Crippen LogP contribution >= 0.6 is 0 Å². The number of fused-ring (bicyclic) bond motifs is 1. The summed E-state index contributed by atoms with van der Waals surface area (Å²) in [6.07, 6.45) is 0. The van der Waals surface area contributed by atoms with Crippen molar-refractivity contribution in [2.75, 3.05) is 18.5 Å². The molecule has 0 saturated carbocycles. The lowest BCUT2D eigenvalue weighted by Gasteiger charge is -2.19. The Labute approximate surface area is 145 Å². The minimum atomic E-state index is -1.01. The molecule has 0 spiro atoms. The summed E-state index contributed by atoms with van der Waals surface area (Å²) in [6.45, 7) is 5.14. The van der Waals surface area contributed by atoms with Gasteiger partial charge in [0.1, 0.15) is 0 Å². The molecule has 0 radical (unpaired) electrons. The van der Waals surface area contributed by atoms with Gasteiger partial charge in [-0.15, -0.1) is 0 Å². The Bertz CT molecular complexity index is 811. The van der Waals surface area contributed by atoms with Gasteiger partial charge in [-0.2, -0.15) is 0 Å². The van der Waals surface area contributed by atoms with Crippen LogP contribution in [0.15, 0.2) is 42.5 Å². The highest BCUT2D eigenvalue weighted by Gasteiger charge is 2.25. The SMILES string of the molecule is CC1(C)COc2ccc(C(=O)Nc3ccc(C(=O)O)cc3)cc2OC1. The molecule has 0 unspecified atom stereocenters. The lowest BCUT2D eigenvalue weighted by Crippen LogP contribution is -2.26. The molecule has 0 atom stereocenters. The standard InChI is InChI=1S/C19H19NO5/c1-19(2)10-24-15-8-5-13(9-16(15)25-11-19)17(21)20-14-6-3-12(4-7-14)18(22)23/h3-9H,10-11H2,1-2H3,(H,20,21)(H,22,23). The number of aromatic carboxylic acids is 1. The highest BCUT2D eigenvalue weighted by molar-refractivity contribution is 6.04. The average Bonchev–Trinajstić information content (AvgIpc) is 2.73. The molecule has 2 N–H and O–H groups in total. The molecule has 2 aromatic carbocycles. The zero-order chi connectivity index (χ0) is 18.0. The smallest absolute Gasteiger partial charge is 0.335 e. The fourth-order valence-electron chi connectivity index (χ4n) is 2.37. The Morgan fingerprint density at radius 2 is 1.56 bits per heavy atom. The molecule has 0 aromatic heterocycles. The zero-order valence-corrected chi connectivity index (χ0v) is 14.0. The Hall–Kier alpha value is -3.02. The molecule has 0 aliphatic carbocycles. The summed E-state index contributed by atoms with van der Waals surface area (Å²) in [7, 11) is 0. The molecular formula is C19H19NO5. The topological polar surface area (TPSA) is 84.9 Å². The van der Waals surface area contributed by atoms with E-state index in [-0.39, 0.29) is 16.9 Å². The van der Waals surface area contributed by atoms with Crippen LogP contribution < -0.4 is 14.8 Å². The van der Waals surface area contributed by atoms with E-state index in [1.54, 1.807) is 30.3 Å². The molecule has 6 nitrogen and oxygen atoms in total. The second-order valence-electron chi connectivity index (χ2n) is 6.74. The van der Waals surface area contributed by atoms with Gasteiger partial charge in [0, 0.05) is 16.7 Å². The Kier molecular flexibility index (Phi) is 4.35. The van der Waals surface area contributed by atoms with Crippen LogP contribution in [0.4, 0.5) is 5.69 Å². The van der Waals surface area contributed by atoms with Crippen LogP contribution in [0.2, 0.25) is 0 Å². The summed E-state index contributed by atoms with van der Waals surface area (Å²) in [6, 6.07) is 11.0. The minimum Gasteiger partial charge on any atom is -0.489 e. The molecule has 1 aliphatic rings. The minimum absolute atomic E-state index is 0.104. The molecule has 3 rings (SSSR count). The van der Waals surface area contributed by atoms with Gasteiger partial charge in [-0.3, -0.25) is 4.79 Å². The third-order valence-electron chi connectivity index (χ3n) is 3.83. The van der Waals surface area contributed by atoms with E-state index in [9.17, 15) is 9.59 Å². The van der Waals surface area contributed by atoms with Crippen molar-refractivity contribution in [3.05, 3.63) is 53.6 Å². The van der Waals surface area contributed by atoms with E-state index in [1.807, 2.05) is 13.8 Å². The number of hydrogen-bond acceptors (Lipinski definition) is 4. The van der Waals surface area contributed by atoms with Crippen molar-refractivity contribution < 1.29 is 24.2 Å². The van der Waals surface area contributed by atoms with Crippen molar-refractivity contribution in [2.45, 2.75) is 13.8 Å². The molecule has 1 heterocycles. The summed E-state index contributed by atoms with van der Waals surface area (Å²) >= 11 is 0. The quantitative estimate of drug-likeness (QED) is 0.893. The fourth-order valence-corrected chi connectivity index (χ4v) is 2.37. The first-order valence-electron chi connectivity index (χ1n) is 7.88. The summed E-state index contributed by atoms with van der Waals surface area (Å²) in [5.74, 6) is -0.158. The molecule has 25 heavy (non-hydrogen) atoms. The third-order valence-corrected chi connectivity index (χ3v) is 3.83. The molecule has 2 aromatic rings. The average molecular weight is 341 g/mol. The van der Waals surface area contributed by atoms with Gasteiger partial charge in [0.2, 0.25) is 0 Å². The van der Waals surface area contributed by atoms with Gasteiger partial charge in [0.15, 0.2) is 11.5 Å². The first-order chi connectivity index (χ1) is 11.8. The molecule has 6 heteroatoms. The van der Waals surface area contributed by atoms with Crippen molar-refractivity contribution in [1.82, 2.24) is 0 Å². The number of nitrogens with one attached hydrogen (secondary N) is 1. The van der Waals surface area contributed by atoms with Crippen molar-refractivity contribution in [1.29, 1.82) is 0 Å². The number of benzene rings is 2. The van der Waals surface area contributed by atoms with E-state index in [0.29, 0.717) is 36.0 Å². The number of amides is 1. The van der Waals surface area contributed by atoms with Crippen molar-refractivity contribution >= 4 is 17.6 Å². The van der Waals surface area contributed by atoms with Crippen molar-refractivity contribution in [3.63, 3.8) is 0 Å². The molecule has 130 valence electrons. The molecule has 0 saturated heterocycles. The predicted molar refractivity (Wildman–Crippen MR) is 92.6 cm³/mol. The van der Waals surface area contributed by atoms with Crippen LogP contribution in [0.1, 0.15) is 34.6 Å². The maximum Gasteiger partial charge on any atom is 0.335 e. The maximum absolute atomic E-state index is 12.4. The van der Waals surface area contributed by atoms with Gasteiger partial charge in [0.05, 0.1) is 18.8 Å². The largest absolute Gasteiger partial charge is 0.489 e. The van der Waals surface area contributed by atoms with E-state index < -0.39 is 5.97 Å². The van der Waals surface area contributed by atoms with Gasteiger partial charge < -0.3 is 19.9 Å². The number of carbonyl (C=O) groups is 2. The van der Waals surface area contributed by atoms with E-state index in [4.69, 9.17) is 14.6 Å². The van der Waals surface area contributed by atoms with Crippen LogP contribution in [0.5, 0.6) is 11.5 Å². The van der Waals surface area contributed by atoms with Crippen LogP contribution in [0, 0.1) is 5.41 Å². The summed E-state index contributed by atoms with van der Waals surface area (Å²) in [5.41, 5.74) is 1.01. The summed E-state index contributed by atoms with van der Waals surface area (Å²) < 4.78 is 11.5. The number of carbonyl (C=O) groups excluding carboxylic acids is 1. The Morgan fingerprint density at radius 3 is 2.20 bits per heavy atom. The van der Waals surface area contributed by atoms with Gasteiger partial charge in [-0.25, -0.2) is 4.79 Å². The highest BCUT2D eigenvalue weighted by Crippen LogP contribution is 2.34. The summed E-state index contributed by atoms with van der Waals surface area (Å²) in [5, 5.41) is 11.6. The first-order valence-corrected chi connectivity index (χ1v) is 7.88. The van der Waals surface area contributed by atoms with Crippen LogP contribution in [0.3, 0.4) is 0 Å². The van der Waals surface area contributed by atoms with Crippen LogP contribution in [-0.4, -0.2) is 30.2 Å². The lowest BCUT2D eigenvalue weighted by atomic mass is 9.97. The van der Waals surface area contributed by atoms with Crippen molar-refractivity contribution in [2.24, 2.45) is 5.41 Å². The van der Waals surface area contributed by atoms with E-state index >= 15 is 0 Å². The fraction of sp³-hybridized carbons (Fsp3) is 0.263. The predicted octanol–water partition coefficient (Wildman–Crippen LogP) is 3.43. The summed E-state index contributed by atoms with van der Waals surface area (Å²) in [4.78, 5) is 23.3. The maximum atomic E-state index is 12.4. The molecular weight excluding hydrogens is 322 g/mol. The number of ether oxygens (including phenoxy) is 2. The lowest BCUT2D eigenvalue weighted by molar-refractivity contribution is 0.0696. The van der Waals surface area contributed by atoms with Gasteiger partial charge in [0.25, 0.3) is 5.91 Å². The molecule has 1 amide bonds. The normalized spacial score (nSPS) is 15.1. The molecule has 1 aliphatic heterocycles. The first kappa shape index (κ1) is 16.8. The monoisotopic (exact) mass is 341 g/mol. The zero-order valence-electron chi connectivity index (χ0n) is 14.0. The molecule has 0 fully saturated rings. The van der Waals surface area contributed by atoms with E-state index in [2.05, 4.69) is 5.32 Å². The number of carboxylic acid groups (broad SMARTS) is 1. The Morgan fingerprint density at radius 1 is 0.960 bits per heavy atom. The van der Waals surface area contributed by atoms with E-state index in [0.717, 1.165) is 0 Å². The Balaban J connectivity index is 1.75. The second-order valence-corrected chi connectivity index (χ2v) is 6.74. The highest BCUT2D eigenvalue weighted by atomic mass is 16.5. The van der Waals surface area contributed by atoms with Crippen molar-refractivity contribution in [3.8, 4) is 11.5 Å². The number of anilines is 1. The third kappa shape index (κ3) is 3.91. The molecule has 0 bridgehead atoms. The van der Waals surface area contributed by atoms with Crippen LogP contribution in [-0.2, 0) is 0 Å². The van der Waals surface area contributed by atoms with Crippen LogP contribution in [0.25, 0.3) is 0 Å². The van der Waals surface area contributed by atoms with Gasteiger partial charge in [-0.1, -0.05) is 13.8 Å². The number of carboxylic acids is 1. The van der Waals surface area contributed by atoms with Gasteiger partial charge in [-0.05, 0) is 42.5 Å².